The van der Waals surface area contributed by atoms with E-state index in [0.29, 0.717) is 6.61 Å². The van der Waals surface area contributed by atoms with E-state index < -0.39 is 0 Å². The van der Waals surface area contributed by atoms with Gasteiger partial charge in [-0.25, -0.2) is 5.43 Å². The molecule has 0 bridgehead atoms. The van der Waals surface area contributed by atoms with Gasteiger partial charge in [-0.1, -0.05) is 25.1 Å². The zero-order chi connectivity index (χ0) is 13.7. The first-order valence-corrected chi connectivity index (χ1v) is 6.49. The maximum atomic E-state index is 5.78. The van der Waals surface area contributed by atoms with Gasteiger partial charge in [0.2, 0.25) is 0 Å². The zero-order valence-corrected chi connectivity index (χ0v) is 11.3. The zero-order valence-electron chi connectivity index (χ0n) is 11.3. The molecule has 102 valence electrons. The predicted octanol–water partition coefficient (Wildman–Crippen LogP) is 2.93. The van der Waals surface area contributed by atoms with Gasteiger partial charge in [-0.2, -0.15) is 0 Å². The lowest BCUT2D eigenvalue weighted by Crippen LogP contribution is -2.29. The fourth-order valence-corrected chi connectivity index (χ4v) is 2.10. The van der Waals surface area contributed by atoms with E-state index in [4.69, 9.17) is 15.0 Å². The van der Waals surface area contributed by atoms with Gasteiger partial charge in [0.1, 0.15) is 11.5 Å². The second-order valence-corrected chi connectivity index (χ2v) is 4.42. The summed E-state index contributed by atoms with van der Waals surface area (Å²) in [5, 5.41) is 0. The number of furan rings is 1. The molecule has 0 radical (unpaired) electrons. The van der Waals surface area contributed by atoms with E-state index in [2.05, 4.69) is 12.3 Å². The van der Waals surface area contributed by atoms with Crippen LogP contribution < -0.4 is 16.0 Å². The van der Waals surface area contributed by atoms with Crippen LogP contribution in [0.1, 0.15) is 36.3 Å². The molecule has 1 aromatic carbocycles. The first-order chi connectivity index (χ1) is 9.27. The molecule has 1 heterocycles. The molecule has 0 aliphatic heterocycles. The minimum Gasteiger partial charge on any atom is -0.493 e. The van der Waals surface area contributed by atoms with Gasteiger partial charge in [-0.15, -0.1) is 0 Å². The molecule has 0 amide bonds. The third-order valence-corrected chi connectivity index (χ3v) is 3.07. The Bertz CT molecular complexity index is 522. The first kappa shape index (κ1) is 13.6. The van der Waals surface area contributed by atoms with Crippen LogP contribution in [-0.4, -0.2) is 6.61 Å². The Kier molecular flexibility index (Phi) is 4.60. The largest absolute Gasteiger partial charge is 0.493 e. The van der Waals surface area contributed by atoms with Crippen LogP contribution >= 0.6 is 0 Å². The minimum absolute atomic E-state index is 0.133. The number of para-hydroxylation sites is 1. The van der Waals surface area contributed by atoms with E-state index in [1.54, 1.807) is 6.26 Å². The standard InChI is InChI=1S/C15H20N2O2/c1-3-9-19-14-7-5-4-6-13(14)15(17-16)12-8-10-18-11(12)2/h4-8,10,15,17H,3,9,16H2,1-2H3. The van der Waals surface area contributed by atoms with Crippen molar-refractivity contribution < 1.29 is 9.15 Å². The van der Waals surface area contributed by atoms with Gasteiger partial charge in [0, 0.05) is 11.1 Å². The first-order valence-electron chi connectivity index (χ1n) is 6.49. The van der Waals surface area contributed by atoms with E-state index in [0.717, 1.165) is 29.1 Å². The Morgan fingerprint density at radius 1 is 1.26 bits per heavy atom. The highest BCUT2D eigenvalue weighted by Crippen LogP contribution is 2.31. The third kappa shape index (κ3) is 2.97. The molecule has 2 rings (SSSR count). The second-order valence-electron chi connectivity index (χ2n) is 4.42. The highest BCUT2D eigenvalue weighted by molar-refractivity contribution is 5.42. The summed E-state index contributed by atoms with van der Waals surface area (Å²) in [6.07, 6.45) is 2.64. The molecule has 0 fully saturated rings. The summed E-state index contributed by atoms with van der Waals surface area (Å²) < 4.78 is 11.1. The summed E-state index contributed by atoms with van der Waals surface area (Å²) >= 11 is 0. The van der Waals surface area contributed by atoms with Gasteiger partial charge >= 0.3 is 0 Å². The average Bonchev–Trinajstić information content (AvgIpc) is 2.85. The van der Waals surface area contributed by atoms with Crippen molar-refractivity contribution in [3.8, 4) is 5.75 Å². The van der Waals surface area contributed by atoms with Crippen LogP contribution in [0.2, 0.25) is 0 Å². The van der Waals surface area contributed by atoms with Crippen molar-refractivity contribution in [2.45, 2.75) is 26.3 Å². The van der Waals surface area contributed by atoms with Crippen molar-refractivity contribution in [1.29, 1.82) is 0 Å². The smallest absolute Gasteiger partial charge is 0.124 e. The van der Waals surface area contributed by atoms with Gasteiger partial charge in [0.15, 0.2) is 0 Å². The van der Waals surface area contributed by atoms with Gasteiger partial charge in [-0.05, 0) is 25.5 Å². The highest BCUT2D eigenvalue weighted by atomic mass is 16.5. The van der Waals surface area contributed by atoms with Gasteiger partial charge in [0.25, 0.3) is 0 Å². The second kappa shape index (κ2) is 6.41. The lowest BCUT2D eigenvalue weighted by Gasteiger charge is -2.19. The SMILES string of the molecule is CCCOc1ccccc1C(NN)c1ccoc1C. The Morgan fingerprint density at radius 3 is 2.68 bits per heavy atom. The quantitative estimate of drug-likeness (QED) is 0.619. The lowest BCUT2D eigenvalue weighted by molar-refractivity contribution is 0.311. The molecule has 2 aromatic rings. The van der Waals surface area contributed by atoms with E-state index in [1.807, 2.05) is 37.3 Å². The highest BCUT2D eigenvalue weighted by Gasteiger charge is 2.20. The third-order valence-electron chi connectivity index (χ3n) is 3.07. The number of rotatable bonds is 6. The molecule has 1 unspecified atom stereocenters. The normalized spacial score (nSPS) is 12.4. The summed E-state index contributed by atoms with van der Waals surface area (Å²) in [7, 11) is 0. The molecule has 19 heavy (non-hydrogen) atoms. The number of nitrogens with one attached hydrogen (secondary N) is 1. The molecule has 0 saturated carbocycles. The summed E-state index contributed by atoms with van der Waals surface area (Å²) in [5.74, 6) is 7.42. The number of hydrogen-bond donors (Lipinski definition) is 2. The number of ether oxygens (including phenoxy) is 1. The minimum atomic E-state index is -0.133. The monoisotopic (exact) mass is 260 g/mol. The molecule has 1 atom stereocenters. The van der Waals surface area contributed by atoms with Crippen LogP contribution in [-0.2, 0) is 0 Å². The van der Waals surface area contributed by atoms with Crippen LogP contribution in [0.4, 0.5) is 0 Å². The predicted molar refractivity (Wildman–Crippen MR) is 74.8 cm³/mol. The molecule has 0 aliphatic carbocycles. The van der Waals surface area contributed by atoms with E-state index in [9.17, 15) is 0 Å². The summed E-state index contributed by atoms with van der Waals surface area (Å²) in [6.45, 7) is 4.70. The number of hydrazine groups is 1. The number of benzene rings is 1. The van der Waals surface area contributed by atoms with Crippen molar-refractivity contribution in [3.05, 3.63) is 53.5 Å². The van der Waals surface area contributed by atoms with E-state index >= 15 is 0 Å². The van der Waals surface area contributed by atoms with Crippen LogP contribution in [0.15, 0.2) is 41.0 Å². The molecule has 0 saturated heterocycles. The van der Waals surface area contributed by atoms with Crippen molar-refractivity contribution in [2.24, 2.45) is 5.84 Å². The van der Waals surface area contributed by atoms with Gasteiger partial charge in [0.05, 0.1) is 18.9 Å². The van der Waals surface area contributed by atoms with Gasteiger partial charge in [-0.3, -0.25) is 5.84 Å². The van der Waals surface area contributed by atoms with E-state index in [1.165, 1.54) is 0 Å². The topological polar surface area (TPSA) is 60.4 Å². The summed E-state index contributed by atoms with van der Waals surface area (Å²) in [5.41, 5.74) is 4.88. The molecule has 0 aliphatic rings. The van der Waals surface area contributed by atoms with Crippen molar-refractivity contribution in [2.75, 3.05) is 6.61 Å². The molecule has 1 aromatic heterocycles. The maximum Gasteiger partial charge on any atom is 0.124 e. The molecule has 4 heteroatoms. The average molecular weight is 260 g/mol. The summed E-state index contributed by atoms with van der Waals surface area (Å²) in [4.78, 5) is 0. The van der Waals surface area contributed by atoms with Gasteiger partial charge < -0.3 is 9.15 Å². The molecule has 0 spiro atoms. The van der Waals surface area contributed by atoms with Crippen molar-refractivity contribution in [3.63, 3.8) is 0 Å². The summed E-state index contributed by atoms with van der Waals surface area (Å²) in [6, 6.07) is 9.72. The number of hydrogen-bond acceptors (Lipinski definition) is 4. The van der Waals surface area contributed by atoms with Crippen LogP contribution in [0.25, 0.3) is 0 Å². The van der Waals surface area contributed by atoms with Crippen molar-refractivity contribution >= 4 is 0 Å². The Morgan fingerprint density at radius 2 is 2.05 bits per heavy atom. The number of aryl methyl sites for hydroxylation is 1. The maximum absolute atomic E-state index is 5.78. The van der Waals surface area contributed by atoms with E-state index in [-0.39, 0.29) is 6.04 Å². The fraction of sp³-hybridized carbons (Fsp3) is 0.333. The lowest BCUT2D eigenvalue weighted by atomic mass is 9.99. The molecule has 3 N–H and O–H groups in total. The Labute approximate surface area is 113 Å². The molecular weight excluding hydrogens is 240 g/mol. The molecular formula is C15H20N2O2. The Balaban J connectivity index is 2.35. The van der Waals surface area contributed by atoms with Crippen LogP contribution in [0.5, 0.6) is 5.75 Å². The van der Waals surface area contributed by atoms with Crippen LogP contribution in [0, 0.1) is 6.92 Å². The van der Waals surface area contributed by atoms with Crippen LogP contribution in [0.3, 0.4) is 0 Å². The number of nitrogens with two attached hydrogens (primary N) is 1. The Hall–Kier alpha value is -1.78. The fourth-order valence-electron chi connectivity index (χ4n) is 2.10. The molecule has 4 nitrogen and oxygen atoms in total. The van der Waals surface area contributed by atoms with Crippen molar-refractivity contribution in [1.82, 2.24) is 5.43 Å².